The van der Waals surface area contributed by atoms with Gasteiger partial charge in [0.25, 0.3) is 5.69 Å². The Morgan fingerprint density at radius 2 is 2.16 bits per heavy atom. The summed E-state index contributed by atoms with van der Waals surface area (Å²) >= 11 is 5.83. The molecular weight excluding hydrogens is 273 g/mol. The van der Waals surface area contributed by atoms with Gasteiger partial charge in [-0.1, -0.05) is 23.7 Å². The predicted molar refractivity (Wildman–Crippen MR) is 68.8 cm³/mol. The van der Waals surface area contributed by atoms with Crippen molar-refractivity contribution in [1.29, 1.82) is 0 Å². The molecule has 0 aromatic heterocycles. The first-order valence-electron chi connectivity index (χ1n) is 6.18. The number of hydrogen-bond acceptors (Lipinski definition) is 3. The molecule has 2 rings (SSSR count). The number of ether oxygens (including phenoxy) is 1. The molecule has 0 aliphatic rings. The normalized spacial score (nSPS) is 12.5. The van der Waals surface area contributed by atoms with E-state index in [1.165, 1.54) is 24.3 Å². The molecule has 0 saturated heterocycles. The average molecular weight is 284 g/mol. The van der Waals surface area contributed by atoms with Gasteiger partial charge in [-0.05, 0) is 23.8 Å². The first-order chi connectivity index (χ1) is 9.79. The monoisotopic (exact) mass is 283 g/mol. The van der Waals surface area contributed by atoms with Crippen molar-refractivity contribution in [3.63, 3.8) is 0 Å². The Kier molecular flexibility index (Phi) is 3.21. The van der Waals surface area contributed by atoms with Gasteiger partial charge in [0.15, 0.2) is 0 Å². The van der Waals surface area contributed by atoms with Gasteiger partial charge in [0.2, 0.25) is 0 Å². The Labute approximate surface area is 116 Å². The topological polar surface area (TPSA) is 52.4 Å². The van der Waals surface area contributed by atoms with Crippen LogP contribution in [0.3, 0.4) is 0 Å². The maximum absolute atomic E-state index is 13.1. The van der Waals surface area contributed by atoms with Crippen LogP contribution in [0.15, 0.2) is 42.5 Å². The minimum Gasteiger partial charge on any atom is -0.487 e. The number of hydrogen-bond donors (Lipinski definition) is 0. The zero-order valence-electron chi connectivity index (χ0n) is 11.5. The van der Waals surface area contributed by atoms with Gasteiger partial charge in [-0.2, -0.15) is 0 Å². The highest BCUT2D eigenvalue weighted by Crippen LogP contribution is 2.29. The van der Waals surface area contributed by atoms with Crippen molar-refractivity contribution in [3.8, 4) is 5.75 Å². The zero-order valence-corrected chi connectivity index (χ0v) is 10.2. The Bertz CT molecular complexity index is 697. The Morgan fingerprint density at radius 3 is 2.79 bits per heavy atom. The molecule has 0 amide bonds. The van der Waals surface area contributed by atoms with E-state index >= 15 is 0 Å². The lowest BCUT2D eigenvalue weighted by molar-refractivity contribution is -0.384. The third-order valence-corrected chi connectivity index (χ3v) is 2.53. The van der Waals surface area contributed by atoms with E-state index in [0.29, 0.717) is 0 Å². The fourth-order valence-corrected chi connectivity index (χ4v) is 1.57. The van der Waals surface area contributed by atoms with Gasteiger partial charge in [0.1, 0.15) is 18.1 Å². The Balaban J connectivity index is 2.30. The van der Waals surface area contributed by atoms with Crippen molar-refractivity contribution < 1.29 is 16.8 Å². The maximum Gasteiger partial charge on any atom is 0.271 e. The van der Waals surface area contributed by atoms with Crippen molar-refractivity contribution in [2.75, 3.05) is 0 Å². The fourth-order valence-electron chi connectivity index (χ4n) is 1.35. The minimum absolute atomic E-state index is 0.0306. The van der Waals surface area contributed by atoms with Crippen LogP contribution in [0.2, 0.25) is 5.02 Å². The average Bonchev–Trinajstić information content (AvgIpc) is 2.40. The standard InChI is InChI=1S/C13H9ClFNO3/c14-12-7-11(16(17)18)4-5-13(12)19-8-9-2-1-3-10(15)6-9/h1-7H,8H2/i8D2. The van der Waals surface area contributed by atoms with Crippen LogP contribution < -0.4 is 4.74 Å². The molecule has 0 saturated carbocycles. The maximum atomic E-state index is 13.1. The number of non-ortho nitro benzene ring substituents is 1. The summed E-state index contributed by atoms with van der Waals surface area (Å²) < 4.78 is 33.9. The van der Waals surface area contributed by atoms with Crippen molar-refractivity contribution in [2.24, 2.45) is 0 Å². The van der Waals surface area contributed by atoms with Crippen LogP contribution in [-0.4, -0.2) is 4.92 Å². The molecule has 0 radical (unpaired) electrons. The number of nitrogens with zero attached hydrogens (tertiary/aromatic N) is 1. The molecule has 19 heavy (non-hydrogen) atoms. The largest absolute Gasteiger partial charge is 0.487 e. The van der Waals surface area contributed by atoms with Crippen molar-refractivity contribution in [1.82, 2.24) is 0 Å². The third-order valence-electron chi connectivity index (χ3n) is 2.23. The van der Waals surface area contributed by atoms with E-state index < -0.39 is 17.3 Å². The first kappa shape index (κ1) is 10.8. The second kappa shape index (κ2) is 5.67. The molecule has 0 aliphatic heterocycles. The summed E-state index contributed by atoms with van der Waals surface area (Å²) in [5, 5.41) is 10.5. The number of nitro benzene ring substituents is 1. The highest BCUT2D eigenvalue weighted by Gasteiger charge is 2.10. The molecule has 4 nitrogen and oxygen atoms in total. The fraction of sp³-hybridized carbons (Fsp3) is 0.0769. The Hall–Kier alpha value is -2.14. The molecule has 0 N–H and O–H groups in total. The summed E-state index contributed by atoms with van der Waals surface area (Å²) in [6.07, 6.45) is 0. The molecule has 0 bridgehead atoms. The molecule has 6 heteroatoms. The lowest BCUT2D eigenvalue weighted by Crippen LogP contribution is -1.97. The van der Waals surface area contributed by atoms with Gasteiger partial charge in [-0.25, -0.2) is 4.39 Å². The van der Waals surface area contributed by atoms with Crippen LogP contribution >= 0.6 is 11.6 Å². The predicted octanol–water partition coefficient (Wildman–Crippen LogP) is 3.97. The van der Waals surface area contributed by atoms with Crippen molar-refractivity contribution in [3.05, 3.63) is 69.0 Å². The molecule has 0 unspecified atom stereocenters. The molecule has 0 atom stereocenters. The van der Waals surface area contributed by atoms with Gasteiger partial charge in [-0.3, -0.25) is 10.1 Å². The lowest BCUT2D eigenvalue weighted by atomic mass is 10.2. The molecule has 0 aliphatic carbocycles. The molecule has 2 aromatic carbocycles. The number of nitro groups is 1. The second-order valence-corrected chi connectivity index (χ2v) is 3.99. The van der Waals surface area contributed by atoms with E-state index in [1.54, 1.807) is 0 Å². The van der Waals surface area contributed by atoms with Crippen LogP contribution in [0.5, 0.6) is 5.75 Å². The zero-order chi connectivity index (χ0) is 15.6. The number of halogens is 2. The number of benzene rings is 2. The summed E-state index contributed by atoms with van der Waals surface area (Å²) in [6.45, 7) is -2.33. The van der Waals surface area contributed by atoms with E-state index in [-0.39, 0.29) is 22.0 Å². The molecular formula is C13H9ClFNO3. The van der Waals surface area contributed by atoms with E-state index in [1.807, 2.05) is 0 Å². The highest BCUT2D eigenvalue weighted by molar-refractivity contribution is 6.32. The van der Waals surface area contributed by atoms with E-state index in [9.17, 15) is 14.5 Å². The highest BCUT2D eigenvalue weighted by atomic mass is 35.5. The van der Waals surface area contributed by atoms with Crippen LogP contribution in [0.4, 0.5) is 10.1 Å². The third kappa shape index (κ3) is 3.42. The molecule has 0 spiro atoms. The summed E-state index contributed by atoms with van der Waals surface area (Å²) in [7, 11) is 0. The van der Waals surface area contributed by atoms with E-state index in [0.717, 1.165) is 18.2 Å². The molecule has 0 fully saturated rings. The van der Waals surface area contributed by atoms with Crippen molar-refractivity contribution >= 4 is 17.3 Å². The summed E-state index contributed by atoms with van der Waals surface area (Å²) in [4.78, 5) is 9.97. The van der Waals surface area contributed by atoms with Gasteiger partial charge >= 0.3 is 0 Å². The summed E-state index contributed by atoms with van der Waals surface area (Å²) in [6, 6.07) is 8.28. The van der Waals surface area contributed by atoms with Crippen LogP contribution in [-0.2, 0) is 6.56 Å². The van der Waals surface area contributed by atoms with Gasteiger partial charge in [0, 0.05) is 12.1 Å². The smallest absolute Gasteiger partial charge is 0.271 e. The lowest BCUT2D eigenvalue weighted by Gasteiger charge is -2.07. The quantitative estimate of drug-likeness (QED) is 0.630. The van der Waals surface area contributed by atoms with Gasteiger partial charge in [-0.15, -0.1) is 0 Å². The van der Waals surface area contributed by atoms with Crippen LogP contribution in [0, 0.1) is 15.9 Å². The SMILES string of the molecule is [2H]C([2H])(Oc1ccc([N+](=O)[O-])cc1Cl)c1cccc(F)c1. The second-order valence-electron chi connectivity index (χ2n) is 3.59. The van der Waals surface area contributed by atoms with Gasteiger partial charge in [0.05, 0.1) is 12.7 Å². The molecule has 2 aromatic rings. The Morgan fingerprint density at radius 1 is 1.37 bits per heavy atom. The molecule has 0 heterocycles. The first-order valence-corrected chi connectivity index (χ1v) is 5.56. The van der Waals surface area contributed by atoms with Crippen LogP contribution in [0.25, 0.3) is 0 Å². The molecule has 98 valence electrons. The van der Waals surface area contributed by atoms with Crippen LogP contribution in [0.1, 0.15) is 8.30 Å². The minimum atomic E-state index is -2.33. The van der Waals surface area contributed by atoms with Crippen molar-refractivity contribution in [2.45, 2.75) is 6.56 Å². The summed E-state index contributed by atoms with van der Waals surface area (Å²) in [5.41, 5.74) is -0.268. The van der Waals surface area contributed by atoms with E-state index in [4.69, 9.17) is 19.1 Å². The van der Waals surface area contributed by atoms with E-state index in [2.05, 4.69) is 0 Å². The van der Waals surface area contributed by atoms with Gasteiger partial charge < -0.3 is 4.74 Å². The number of rotatable bonds is 4. The summed E-state index contributed by atoms with van der Waals surface area (Å²) in [5.74, 6) is -0.675.